The van der Waals surface area contributed by atoms with Gasteiger partial charge < -0.3 is 24.3 Å². The van der Waals surface area contributed by atoms with Crippen LogP contribution < -0.4 is 14.8 Å². The molecule has 0 radical (unpaired) electrons. The van der Waals surface area contributed by atoms with E-state index in [2.05, 4.69) is 5.32 Å². The summed E-state index contributed by atoms with van der Waals surface area (Å²) in [4.78, 5) is 24.6. The van der Waals surface area contributed by atoms with Crippen LogP contribution in [0.2, 0.25) is 0 Å². The molecule has 7 nitrogen and oxygen atoms in total. The van der Waals surface area contributed by atoms with Gasteiger partial charge in [-0.1, -0.05) is 12.1 Å². The van der Waals surface area contributed by atoms with Crippen LogP contribution in [0.1, 0.15) is 22.8 Å². The molecule has 2 aromatic rings. The summed E-state index contributed by atoms with van der Waals surface area (Å²) in [5.74, 6) is -0.00708. The van der Waals surface area contributed by atoms with Crippen LogP contribution in [0.5, 0.6) is 11.5 Å². The summed E-state index contributed by atoms with van der Waals surface area (Å²) < 4.78 is 20.7. The Morgan fingerprint density at radius 3 is 2.41 bits per heavy atom. The second kappa shape index (κ2) is 9.59. The second-order valence-electron chi connectivity index (χ2n) is 5.74. The molecule has 27 heavy (non-hydrogen) atoms. The van der Waals surface area contributed by atoms with Gasteiger partial charge in [0.05, 0.1) is 26.4 Å². The predicted molar refractivity (Wildman–Crippen MR) is 100 cm³/mol. The average Bonchev–Trinajstić information content (AvgIpc) is 2.68. The Morgan fingerprint density at radius 1 is 1.00 bits per heavy atom. The third kappa shape index (κ3) is 5.46. The number of esters is 1. The van der Waals surface area contributed by atoms with E-state index < -0.39 is 18.0 Å². The van der Waals surface area contributed by atoms with Crippen molar-refractivity contribution in [2.45, 2.75) is 19.6 Å². The molecule has 0 unspecified atom stereocenters. The summed E-state index contributed by atoms with van der Waals surface area (Å²) in [6.45, 7) is 1.89. The molecule has 0 fully saturated rings. The number of hydrogen-bond acceptors (Lipinski definition) is 6. The molecule has 0 spiro atoms. The van der Waals surface area contributed by atoms with Crippen molar-refractivity contribution in [2.75, 3.05) is 26.6 Å². The van der Waals surface area contributed by atoms with Crippen LogP contribution in [-0.2, 0) is 20.9 Å². The lowest BCUT2D eigenvalue weighted by molar-refractivity contribution is -0.123. The Bertz CT molecular complexity index is 805. The third-order valence-corrected chi connectivity index (χ3v) is 3.78. The van der Waals surface area contributed by atoms with Gasteiger partial charge in [0.25, 0.3) is 5.91 Å². The zero-order valence-electron chi connectivity index (χ0n) is 15.8. The lowest BCUT2D eigenvalue weighted by atomic mass is 10.1. The van der Waals surface area contributed by atoms with Crippen LogP contribution in [0, 0.1) is 0 Å². The second-order valence-corrected chi connectivity index (χ2v) is 5.74. The molecular formula is C20H23NO6. The van der Waals surface area contributed by atoms with E-state index in [0.29, 0.717) is 29.4 Å². The number of carbonyl (C=O) groups is 2. The lowest BCUT2D eigenvalue weighted by Gasteiger charge is -2.15. The molecule has 7 heteroatoms. The van der Waals surface area contributed by atoms with Crippen LogP contribution in [-0.4, -0.2) is 39.3 Å². The van der Waals surface area contributed by atoms with E-state index >= 15 is 0 Å². The minimum atomic E-state index is -0.975. The molecule has 0 bridgehead atoms. The van der Waals surface area contributed by atoms with Gasteiger partial charge in [0.1, 0.15) is 0 Å². The normalized spacial score (nSPS) is 11.4. The molecule has 0 saturated carbocycles. The first-order valence-electron chi connectivity index (χ1n) is 8.30. The smallest absolute Gasteiger partial charge is 0.338 e. The first-order chi connectivity index (χ1) is 13.0. The Kier molecular flexibility index (Phi) is 7.19. The van der Waals surface area contributed by atoms with Crippen LogP contribution >= 0.6 is 0 Å². The molecule has 1 amide bonds. The number of carbonyl (C=O) groups excluding carboxylic acids is 2. The number of ether oxygens (including phenoxy) is 4. The van der Waals surface area contributed by atoms with Gasteiger partial charge in [-0.15, -0.1) is 0 Å². The fourth-order valence-corrected chi connectivity index (χ4v) is 2.39. The third-order valence-electron chi connectivity index (χ3n) is 3.78. The topological polar surface area (TPSA) is 83.1 Å². The highest BCUT2D eigenvalue weighted by atomic mass is 16.5. The molecule has 0 aliphatic heterocycles. The molecule has 1 N–H and O–H groups in total. The van der Waals surface area contributed by atoms with E-state index in [9.17, 15) is 9.59 Å². The average molecular weight is 373 g/mol. The molecule has 2 aromatic carbocycles. The maximum absolute atomic E-state index is 12.3. The van der Waals surface area contributed by atoms with Crippen LogP contribution in [0.15, 0.2) is 42.5 Å². The fourth-order valence-electron chi connectivity index (χ4n) is 2.39. The summed E-state index contributed by atoms with van der Waals surface area (Å²) in [7, 11) is 4.61. The largest absolute Gasteiger partial charge is 0.493 e. The first-order valence-corrected chi connectivity index (χ1v) is 8.30. The van der Waals surface area contributed by atoms with E-state index in [0.717, 1.165) is 5.56 Å². The summed E-state index contributed by atoms with van der Waals surface area (Å²) in [5, 5.41) is 2.68. The predicted octanol–water partition coefficient (Wildman–Crippen LogP) is 3.03. The number of nitrogens with one attached hydrogen (secondary N) is 1. The lowest BCUT2D eigenvalue weighted by Crippen LogP contribution is -2.30. The molecule has 0 aromatic heterocycles. The van der Waals surface area contributed by atoms with Crippen molar-refractivity contribution in [3.8, 4) is 11.5 Å². The van der Waals surface area contributed by atoms with E-state index in [-0.39, 0.29) is 0 Å². The quantitative estimate of drug-likeness (QED) is 0.716. The van der Waals surface area contributed by atoms with Gasteiger partial charge in [-0.3, -0.25) is 4.79 Å². The van der Waals surface area contributed by atoms with Gasteiger partial charge in [-0.05, 0) is 36.8 Å². The number of rotatable bonds is 8. The molecule has 0 aliphatic carbocycles. The molecule has 2 rings (SSSR count). The first kappa shape index (κ1) is 20.3. The van der Waals surface area contributed by atoms with Crippen molar-refractivity contribution < 1.29 is 28.5 Å². The van der Waals surface area contributed by atoms with E-state index in [1.165, 1.54) is 21.1 Å². The maximum atomic E-state index is 12.3. The van der Waals surface area contributed by atoms with Crippen LogP contribution in [0.3, 0.4) is 0 Å². The number of hydrogen-bond donors (Lipinski definition) is 1. The van der Waals surface area contributed by atoms with Gasteiger partial charge in [0.2, 0.25) is 0 Å². The summed E-state index contributed by atoms with van der Waals surface area (Å²) in [6, 6.07) is 11.8. The van der Waals surface area contributed by atoms with Gasteiger partial charge in [-0.2, -0.15) is 0 Å². The van der Waals surface area contributed by atoms with Gasteiger partial charge >= 0.3 is 5.97 Å². The van der Waals surface area contributed by atoms with E-state index in [1.807, 2.05) is 6.07 Å². The van der Waals surface area contributed by atoms with Crippen LogP contribution in [0.25, 0.3) is 0 Å². The van der Waals surface area contributed by atoms with E-state index in [4.69, 9.17) is 18.9 Å². The molecule has 0 saturated heterocycles. The Labute approximate surface area is 158 Å². The fraction of sp³-hybridized carbons (Fsp3) is 0.300. The molecule has 144 valence electrons. The number of methoxy groups -OCH3 is 3. The SMILES string of the molecule is COCc1cccc(C(=O)O[C@@H](C)C(=O)Nc2ccc(OC)c(OC)c2)c1. The minimum absolute atomic E-state index is 0.357. The van der Waals surface area contributed by atoms with Crippen molar-refractivity contribution in [3.63, 3.8) is 0 Å². The molecular weight excluding hydrogens is 350 g/mol. The van der Waals surface area contributed by atoms with E-state index in [1.54, 1.807) is 43.5 Å². The highest BCUT2D eigenvalue weighted by Crippen LogP contribution is 2.29. The summed E-state index contributed by atoms with van der Waals surface area (Å²) >= 11 is 0. The monoisotopic (exact) mass is 373 g/mol. The number of benzene rings is 2. The van der Waals surface area contributed by atoms with Crippen molar-refractivity contribution >= 4 is 17.6 Å². The Morgan fingerprint density at radius 2 is 1.74 bits per heavy atom. The number of anilines is 1. The minimum Gasteiger partial charge on any atom is -0.493 e. The molecule has 0 heterocycles. The highest BCUT2D eigenvalue weighted by molar-refractivity contribution is 5.97. The molecule has 1 atom stereocenters. The zero-order chi connectivity index (χ0) is 19.8. The van der Waals surface area contributed by atoms with Gasteiger partial charge in [-0.25, -0.2) is 4.79 Å². The standard InChI is InChI=1S/C20H23NO6/c1-13(27-20(23)15-7-5-6-14(10-15)12-24-2)19(22)21-16-8-9-17(25-3)18(11-16)26-4/h5-11,13H,12H2,1-4H3,(H,21,22)/t13-/m0/s1. The van der Waals surface area contributed by atoms with Crippen molar-refractivity contribution in [1.29, 1.82) is 0 Å². The van der Waals surface area contributed by atoms with Crippen LogP contribution in [0.4, 0.5) is 5.69 Å². The summed E-state index contributed by atoms with van der Waals surface area (Å²) in [6.07, 6.45) is -0.975. The van der Waals surface area contributed by atoms with Gasteiger partial charge in [0, 0.05) is 18.9 Å². The maximum Gasteiger partial charge on any atom is 0.338 e. The zero-order valence-corrected chi connectivity index (χ0v) is 15.8. The van der Waals surface area contributed by atoms with Crippen molar-refractivity contribution in [1.82, 2.24) is 0 Å². The molecule has 0 aliphatic rings. The summed E-state index contributed by atoms with van der Waals surface area (Å²) in [5.41, 5.74) is 1.70. The highest BCUT2D eigenvalue weighted by Gasteiger charge is 2.20. The van der Waals surface area contributed by atoms with Crippen molar-refractivity contribution in [2.24, 2.45) is 0 Å². The van der Waals surface area contributed by atoms with Crippen molar-refractivity contribution in [3.05, 3.63) is 53.6 Å². The number of amides is 1. The Balaban J connectivity index is 2.01. The van der Waals surface area contributed by atoms with Gasteiger partial charge in [0.15, 0.2) is 17.6 Å². The Hall–Kier alpha value is -3.06.